The van der Waals surface area contributed by atoms with E-state index in [0.29, 0.717) is 0 Å². The van der Waals surface area contributed by atoms with Gasteiger partial charge in [0.25, 0.3) is 0 Å². The van der Waals surface area contributed by atoms with Crippen LogP contribution in [0.4, 0.5) is 5.88 Å². The summed E-state index contributed by atoms with van der Waals surface area (Å²) in [6.45, 7) is 5.80. The van der Waals surface area contributed by atoms with Crippen molar-refractivity contribution in [3.8, 4) is 11.5 Å². The fourth-order valence-electron chi connectivity index (χ4n) is 2.37. The van der Waals surface area contributed by atoms with Gasteiger partial charge in [-0.05, 0) is 45.0 Å². The van der Waals surface area contributed by atoms with E-state index in [2.05, 4.69) is 10.3 Å². The summed E-state index contributed by atoms with van der Waals surface area (Å²) in [4.78, 5) is 4.48. The third-order valence-corrected chi connectivity index (χ3v) is 5.30. The molecule has 25 heavy (non-hydrogen) atoms. The van der Waals surface area contributed by atoms with Crippen LogP contribution in [0.3, 0.4) is 0 Å². The van der Waals surface area contributed by atoms with E-state index in [1.807, 2.05) is 45.0 Å². The van der Waals surface area contributed by atoms with Gasteiger partial charge in [0.05, 0.1) is 4.90 Å². The molecule has 0 unspecified atom stereocenters. The zero-order valence-corrected chi connectivity index (χ0v) is 15.2. The Hall–Kier alpha value is -2.60. The Bertz CT molecular complexity index is 960. The van der Waals surface area contributed by atoms with Crippen molar-refractivity contribution in [3.05, 3.63) is 60.2 Å². The molecule has 0 aliphatic rings. The molecule has 0 aliphatic heterocycles. The summed E-state index contributed by atoms with van der Waals surface area (Å²) in [5.41, 5.74) is 1.83. The molecule has 0 spiro atoms. The van der Waals surface area contributed by atoms with E-state index in [0.717, 1.165) is 11.1 Å². The second-order valence-corrected chi connectivity index (χ2v) is 8.00. The lowest BCUT2D eigenvalue weighted by Gasteiger charge is -2.08. The highest BCUT2D eigenvalue weighted by molar-refractivity contribution is 7.91. The number of nitrogens with one attached hydrogen (secondary N) is 1. The van der Waals surface area contributed by atoms with Crippen molar-refractivity contribution in [2.45, 2.75) is 36.7 Å². The second kappa shape index (κ2) is 6.72. The Balaban J connectivity index is 2.13. The van der Waals surface area contributed by atoms with Crippen LogP contribution in [0.25, 0.3) is 11.5 Å². The average Bonchev–Trinajstić information content (AvgIpc) is 3.00. The molecule has 1 N–H and O–H groups in total. The van der Waals surface area contributed by atoms with Gasteiger partial charge in [0.2, 0.25) is 26.6 Å². The van der Waals surface area contributed by atoms with Gasteiger partial charge in [0.15, 0.2) is 0 Å². The lowest BCUT2D eigenvalue weighted by molar-refractivity contribution is 0.571. The number of aryl methyl sites for hydroxylation is 1. The fourth-order valence-corrected chi connectivity index (χ4v) is 3.66. The van der Waals surface area contributed by atoms with Crippen molar-refractivity contribution >= 4 is 15.7 Å². The Morgan fingerprint density at radius 2 is 1.64 bits per heavy atom. The normalized spacial score (nSPS) is 11.7. The van der Waals surface area contributed by atoms with Crippen molar-refractivity contribution in [1.29, 1.82) is 0 Å². The maximum absolute atomic E-state index is 13.0. The molecule has 2 aromatic carbocycles. The first-order chi connectivity index (χ1) is 11.9. The van der Waals surface area contributed by atoms with Crippen molar-refractivity contribution < 1.29 is 12.8 Å². The van der Waals surface area contributed by atoms with E-state index in [9.17, 15) is 8.42 Å². The zero-order valence-electron chi connectivity index (χ0n) is 14.4. The molecule has 0 saturated carbocycles. The predicted molar refractivity (Wildman–Crippen MR) is 97.3 cm³/mol. The maximum atomic E-state index is 13.0. The van der Waals surface area contributed by atoms with Crippen LogP contribution in [0.5, 0.6) is 0 Å². The molecule has 0 atom stereocenters. The first-order valence-corrected chi connectivity index (χ1v) is 9.51. The molecule has 6 heteroatoms. The molecule has 0 radical (unpaired) electrons. The van der Waals surface area contributed by atoms with E-state index >= 15 is 0 Å². The number of benzene rings is 2. The molecule has 0 aliphatic carbocycles. The molecule has 130 valence electrons. The van der Waals surface area contributed by atoms with Crippen LogP contribution >= 0.6 is 0 Å². The van der Waals surface area contributed by atoms with Crippen LogP contribution < -0.4 is 5.32 Å². The van der Waals surface area contributed by atoms with Crippen molar-refractivity contribution in [2.24, 2.45) is 0 Å². The van der Waals surface area contributed by atoms with Crippen LogP contribution in [0.15, 0.2) is 68.9 Å². The number of anilines is 1. The summed E-state index contributed by atoms with van der Waals surface area (Å²) in [6.07, 6.45) is 0. The summed E-state index contributed by atoms with van der Waals surface area (Å²) in [5.74, 6) is 0.437. The van der Waals surface area contributed by atoms with Crippen LogP contribution in [0.1, 0.15) is 19.4 Å². The van der Waals surface area contributed by atoms with Crippen LogP contribution in [0, 0.1) is 6.92 Å². The number of oxazole rings is 1. The molecular weight excluding hydrogens is 336 g/mol. The number of nitrogens with zero attached hydrogens (tertiary/aromatic N) is 1. The van der Waals surface area contributed by atoms with Crippen molar-refractivity contribution in [3.63, 3.8) is 0 Å². The molecular formula is C19H20N2O3S. The molecule has 0 amide bonds. The summed E-state index contributed by atoms with van der Waals surface area (Å²) in [7, 11) is -3.78. The molecule has 0 bridgehead atoms. The Kier molecular flexibility index (Phi) is 4.63. The summed E-state index contributed by atoms with van der Waals surface area (Å²) >= 11 is 0. The molecule has 3 rings (SSSR count). The Labute approximate surface area is 147 Å². The minimum atomic E-state index is -3.78. The quantitative estimate of drug-likeness (QED) is 0.738. The van der Waals surface area contributed by atoms with E-state index < -0.39 is 9.84 Å². The number of rotatable bonds is 5. The lowest BCUT2D eigenvalue weighted by Crippen LogP contribution is -2.13. The average molecular weight is 356 g/mol. The highest BCUT2D eigenvalue weighted by atomic mass is 32.2. The monoisotopic (exact) mass is 356 g/mol. The smallest absolute Gasteiger partial charge is 0.234 e. The van der Waals surface area contributed by atoms with Gasteiger partial charge >= 0.3 is 0 Å². The minimum absolute atomic E-state index is 0.00328. The SMILES string of the molecule is Cc1ccc(-c2nc(S(=O)(=O)c3ccccc3)c(NC(C)C)o2)cc1. The standard InChI is InChI=1S/C19H20N2O3S/c1-13(2)20-18-19(25(22,23)16-7-5-4-6-8-16)21-17(24-18)15-11-9-14(3)10-12-15/h4-13,20H,1-3H3. The van der Waals surface area contributed by atoms with Gasteiger partial charge in [-0.1, -0.05) is 35.9 Å². The third-order valence-electron chi connectivity index (χ3n) is 3.62. The van der Waals surface area contributed by atoms with Gasteiger partial charge < -0.3 is 9.73 Å². The van der Waals surface area contributed by atoms with Gasteiger partial charge in [-0.3, -0.25) is 0 Å². The zero-order chi connectivity index (χ0) is 18.0. The first-order valence-electron chi connectivity index (χ1n) is 8.02. The number of sulfone groups is 1. The van der Waals surface area contributed by atoms with E-state index in [1.54, 1.807) is 30.3 Å². The van der Waals surface area contributed by atoms with Crippen molar-refractivity contribution in [2.75, 3.05) is 5.32 Å². The van der Waals surface area contributed by atoms with Crippen LogP contribution in [-0.4, -0.2) is 19.4 Å². The molecule has 0 fully saturated rings. The molecule has 1 heterocycles. The topological polar surface area (TPSA) is 72.2 Å². The largest absolute Gasteiger partial charge is 0.419 e. The van der Waals surface area contributed by atoms with Crippen molar-refractivity contribution in [1.82, 2.24) is 4.98 Å². The van der Waals surface area contributed by atoms with Crippen LogP contribution in [-0.2, 0) is 9.84 Å². The highest BCUT2D eigenvalue weighted by Gasteiger charge is 2.28. The molecule has 0 saturated heterocycles. The van der Waals surface area contributed by atoms with Gasteiger partial charge in [0.1, 0.15) is 0 Å². The third kappa shape index (κ3) is 3.58. The number of hydrogen-bond donors (Lipinski definition) is 1. The van der Waals surface area contributed by atoms with Gasteiger partial charge in [-0.2, -0.15) is 4.98 Å². The minimum Gasteiger partial charge on any atom is -0.419 e. The maximum Gasteiger partial charge on any atom is 0.234 e. The van der Waals surface area contributed by atoms with Gasteiger partial charge in [0, 0.05) is 11.6 Å². The van der Waals surface area contributed by atoms with E-state index in [-0.39, 0.29) is 27.7 Å². The molecule has 3 aromatic rings. The Morgan fingerprint density at radius 1 is 1.00 bits per heavy atom. The number of hydrogen-bond acceptors (Lipinski definition) is 5. The summed E-state index contributed by atoms with van der Waals surface area (Å²) in [6, 6.07) is 15.8. The van der Waals surface area contributed by atoms with Gasteiger partial charge in [-0.15, -0.1) is 0 Å². The predicted octanol–water partition coefficient (Wildman–Crippen LogP) is 4.30. The van der Waals surface area contributed by atoms with E-state index in [4.69, 9.17) is 4.42 Å². The fraction of sp³-hybridized carbons (Fsp3) is 0.211. The summed E-state index contributed by atoms with van der Waals surface area (Å²) in [5, 5.41) is 2.95. The lowest BCUT2D eigenvalue weighted by atomic mass is 10.1. The molecule has 5 nitrogen and oxygen atoms in total. The van der Waals surface area contributed by atoms with Crippen LogP contribution in [0.2, 0.25) is 0 Å². The number of aromatic nitrogens is 1. The Morgan fingerprint density at radius 3 is 2.24 bits per heavy atom. The highest BCUT2D eigenvalue weighted by Crippen LogP contribution is 2.32. The molecule has 1 aromatic heterocycles. The van der Waals surface area contributed by atoms with E-state index in [1.165, 1.54) is 0 Å². The van der Waals surface area contributed by atoms with Gasteiger partial charge in [-0.25, -0.2) is 8.42 Å². The second-order valence-electron chi connectivity index (χ2n) is 6.13. The first kappa shape index (κ1) is 17.2. The summed E-state index contributed by atoms with van der Waals surface area (Å²) < 4.78 is 31.7.